The largest absolute Gasteiger partial charge is 0.330 e. The summed E-state index contributed by atoms with van der Waals surface area (Å²) in [6, 6.07) is 3.59. The third kappa shape index (κ3) is 2.63. The number of H-pyrrole nitrogens is 1. The van der Waals surface area contributed by atoms with Crippen LogP contribution in [0.5, 0.6) is 0 Å². The molecular formula is C14H18BrFN2S. The molecule has 0 saturated carbocycles. The minimum atomic E-state index is -0.272. The average Bonchev–Trinajstić information content (AvgIpc) is 2.66. The van der Waals surface area contributed by atoms with Crippen LogP contribution in [0.15, 0.2) is 16.6 Å². The second-order valence-corrected chi connectivity index (χ2v) is 6.14. The first kappa shape index (κ1) is 14.7. The number of nitrogens with one attached hydrogen (secondary N) is 1. The summed E-state index contributed by atoms with van der Waals surface area (Å²) in [4.78, 5) is 3.10. The summed E-state index contributed by atoms with van der Waals surface area (Å²) < 4.78 is 16.8. The van der Waals surface area contributed by atoms with E-state index in [-0.39, 0.29) is 5.82 Å². The van der Waals surface area contributed by atoms with Crippen molar-refractivity contribution in [3.63, 3.8) is 0 Å². The van der Waals surface area contributed by atoms with Gasteiger partial charge in [-0.05, 0) is 47.1 Å². The van der Waals surface area contributed by atoms with Crippen LogP contribution in [0.1, 0.15) is 39.7 Å². The minimum absolute atomic E-state index is 0.272. The standard InChI is InChI=1S/C14H18BrFN2S/c1-4-9(5-2)8(3)18-13-6-10(15)11(16)7-12(13)17-14(18)19/h6-9H,4-5H2,1-3H3,(H,17,19). The first-order valence-corrected chi connectivity index (χ1v) is 7.78. The van der Waals surface area contributed by atoms with Crippen LogP contribution in [-0.2, 0) is 0 Å². The van der Waals surface area contributed by atoms with Gasteiger partial charge in [-0.25, -0.2) is 4.39 Å². The van der Waals surface area contributed by atoms with Gasteiger partial charge in [0, 0.05) is 12.1 Å². The molecule has 0 saturated heterocycles. The lowest BCUT2D eigenvalue weighted by atomic mass is 9.95. The van der Waals surface area contributed by atoms with Crippen molar-refractivity contribution in [1.82, 2.24) is 9.55 Å². The van der Waals surface area contributed by atoms with Gasteiger partial charge in [0.2, 0.25) is 0 Å². The molecule has 1 aromatic carbocycles. The Hall–Kier alpha value is -0.680. The number of hydrogen-bond acceptors (Lipinski definition) is 1. The molecule has 0 radical (unpaired) electrons. The van der Waals surface area contributed by atoms with Crippen molar-refractivity contribution in [3.05, 3.63) is 27.2 Å². The Morgan fingerprint density at radius 2 is 2.00 bits per heavy atom. The third-order valence-corrected chi connectivity index (χ3v) is 4.80. The van der Waals surface area contributed by atoms with Gasteiger partial charge in [0.15, 0.2) is 4.77 Å². The maximum Gasteiger partial charge on any atom is 0.178 e. The first-order chi connectivity index (χ1) is 8.99. The van der Waals surface area contributed by atoms with Crippen LogP contribution in [-0.4, -0.2) is 9.55 Å². The lowest BCUT2D eigenvalue weighted by Gasteiger charge is -2.23. The number of imidazole rings is 1. The number of nitrogens with zero attached hydrogens (tertiary/aromatic N) is 1. The highest BCUT2D eigenvalue weighted by atomic mass is 79.9. The average molecular weight is 345 g/mol. The van der Waals surface area contributed by atoms with Crippen LogP contribution in [0.4, 0.5) is 4.39 Å². The Labute approximate surface area is 126 Å². The Morgan fingerprint density at radius 1 is 1.37 bits per heavy atom. The van der Waals surface area contributed by atoms with Crippen molar-refractivity contribution in [1.29, 1.82) is 0 Å². The quantitative estimate of drug-likeness (QED) is 0.716. The topological polar surface area (TPSA) is 20.7 Å². The maximum absolute atomic E-state index is 13.6. The van der Waals surface area contributed by atoms with Gasteiger partial charge in [0.1, 0.15) is 5.82 Å². The van der Waals surface area contributed by atoms with Crippen LogP contribution in [0.2, 0.25) is 0 Å². The Bertz CT molecular complexity index is 643. The van der Waals surface area contributed by atoms with Crippen molar-refractivity contribution in [2.24, 2.45) is 5.92 Å². The number of rotatable bonds is 4. The molecular weight excluding hydrogens is 327 g/mol. The van der Waals surface area contributed by atoms with Gasteiger partial charge in [-0.15, -0.1) is 0 Å². The number of aromatic nitrogens is 2. The molecule has 1 heterocycles. The van der Waals surface area contributed by atoms with Gasteiger partial charge >= 0.3 is 0 Å². The molecule has 0 aliphatic rings. The molecule has 5 heteroatoms. The van der Waals surface area contributed by atoms with Crippen molar-refractivity contribution in [2.45, 2.75) is 39.7 Å². The minimum Gasteiger partial charge on any atom is -0.330 e. The molecule has 2 nitrogen and oxygen atoms in total. The normalized spacial score (nSPS) is 13.4. The Balaban J connectivity index is 2.63. The molecule has 0 fully saturated rings. The molecule has 0 amide bonds. The molecule has 1 unspecified atom stereocenters. The fourth-order valence-corrected chi connectivity index (χ4v) is 3.41. The number of halogens is 2. The predicted molar refractivity (Wildman–Crippen MR) is 83.6 cm³/mol. The van der Waals surface area contributed by atoms with Gasteiger partial charge < -0.3 is 9.55 Å². The summed E-state index contributed by atoms with van der Waals surface area (Å²) >= 11 is 8.64. The fourth-order valence-electron chi connectivity index (χ4n) is 2.71. The molecule has 0 aliphatic carbocycles. The van der Waals surface area contributed by atoms with E-state index in [1.807, 2.05) is 0 Å². The van der Waals surface area contributed by atoms with Gasteiger partial charge in [-0.3, -0.25) is 0 Å². The van der Waals surface area contributed by atoms with Crippen molar-refractivity contribution < 1.29 is 4.39 Å². The summed E-state index contributed by atoms with van der Waals surface area (Å²) in [5.74, 6) is 0.292. The lowest BCUT2D eigenvalue weighted by Crippen LogP contribution is -2.15. The zero-order chi connectivity index (χ0) is 14.2. The second kappa shape index (κ2) is 5.75. The molecule has 19 heavy (non-hydrogen) atoms. The van der Waals surface area contributed by atoms with E-state index in [1.54, 1.807) is 6.07 Å². The summed E-state index contributed by atoms with van der Waals surface area (Å²) in [5.41, 5.74) is 1.71. The van der Waals surface area contributed by atoms with E-state index in [2.05, 4.69) is 46.3 Å². The molecule has 1 aromatic heterocycles. The van der Waals surface area contributed by atoms with E-state index in [0.29, 0.717) is 21.2 Å². The molecule has 104 valence electrons. The van der Waals surface area contributed by atoms with E-state index in [4.69, 9.17) is 12.2 Å². The monoisotopic (exact) mass is 344 g/mol. The van der Waals surface area contributed by atoms with Crippen LogP contribution in [0, 0.1) is 16.5 Å². The molecule has 1 N–H and O–H groups in total. The number of benzene rings is 1. The highest BCUT2D eigenvalue weighted by molar-refractivity contribution is 9.10. The highest BCUT2D eigenvalue weighted by Gasteiger charge is 2.19. The van der Waals surface area contributed by atoms with E-state index < -0.39 is 0 Å². The summed E-state index contributed by atoms with van der Waals surface area (Å²) in [7, 11) is 0. The van der Waals surface area contributed by atoms with E-state index in [1.165, 1.54) is 6.07 Å². The smallest absolute Gasteiger partial charge is 0.178 e. The Kier molecular flexibility index (Phi) is 4.46. The van der Waals surface area contributed by atoms with Gasteiger partial charge in [0.05, 0.1) is 15.5 Å². The molecule has 0 spiro atoms. The van der Waals surface area contributed by atoms with Gasteiger partial charge in [-0.2, -0.15) is 0 Å². The number of fused-ring (bicyclic) bond motifs is 1. The van der Waals surface area contributed by atoms with Crippen LogP contribution in [0.25, 0.3) is 11.0 Å². The zero-order valence-electron chi connectivity index (χ0n) is 11.3. The van der Waals surface area contributed by atoms with Gasteiger partial charge in [-0.1, -0.05) is 26.7 Å². The molecule has 1 atom stereocenters. The zero-order valence-corrected chi connectivity index (χ0v) is 13.7. The van der Waals surface area contributed by atoms with Crippen LogP contribution >= 0.6 is 28.1 Å². The second-order valence-electron chi connectivity index (χ2n) is 4.90. The van der Waals surface area contributed by atoms with Crippen LogP contribution in [0.3, 0.4) is 0 Å². The molecule has 2 aromatic rings. The summed E-state index contributed by atoms with van der Waals surface area (Å²) in [5, 5.41) is 0. The first-order valence-electron chi connectivity index (χ1n) is 6.58. The summed E-state index contributed by atoms with van der Waals surface area (Å²) in [6.07, 6.45) is 2.21. The summed E-state index contributed by atoms with van der Waals surface area (Å²) in [6.45, 7) is 6.56. The maximum atomic E-state index is 13.6. The highest BCUT2D eigenvalue weighted by Crippen LogP contribution is 2.30. The lowest BCUT2D eigenvalue weighted by molar-refractivity contribution is 0.337. The number of aromatic amines is 1. The third-order valence-electron chi connectivity index (χ3n) is 3.90. The fraction of sp³-hybridized carbons (Fsp3) is 0.500. The Morgan fingerprint density at radius 3 is 2.58 bits per heavy atom. The van der Waals surface area contributed by atoms with Crippen LogP contribution < -0.4 is 0 Å². The molecule has 0 bridgehead atoms. The van der Waals surface area contributed by atoms with E-state index in [9.17, 15) is 4.39 Å². The number of hydrogen-bond donors (Lipinski definition) is 1. The van der Waals surface area contributed by atoms with Crippen molar-refractivity contribution in [3.8, 4) is 0 Å². The molecule has 2 rings (SSSR count). The van der Waals surface area contributed by atoms with E-state index >= 15 is 0 Å². The van der Waals surface area contributed by atoms with E-state index in [0.717, 1.165) is 23.9 Å². The van der Waals surface area contributed by atoms with Crippen molar-refractivity contribution in [2.75, 3.05) is 0 Å². The predicted octanol–water partition coefficient (Wildman–Crippen LogP) is 5.60. The van der Waals surface area contributed by atoms with Gasteiger partial charge in [0.25, 0.3) is 0 Å². The molecule has 0 aliphatic heterocycles. The van der Waals surface area contributed by atoms with Crippen molar-refractivity contribution >= 4 is 39.2 Å². The SMILES string of the molecule is CCC(CC)C(C)n1c(=S)[nH]c2cc(F)c(Br)cc21.